The van der Waals surface area contributed by atoms with Crippen LogP contribution in [0.1, 0.15) is 0 Å². The lowest BCUT2D eigenvalue weighted by atomic mass is 10.0. The van der Waals surface area contributed by atoms with E-state index in [2.05, 4.69) is 203 Å². The number of thiophene rings is 1. The number of hydrogen-bond donors (Lipinski definition) is 0. The molecule has 13 rings (SSSR count). The topological polar surface area (TPSA) is 48.5 Å². The van der Waals surface area contributed by atoms with Crippen molar-refractivity contribution >= 4 is 75.1 Å². The number of aromatic nitrogens is 5. The van der Waals surface area contributed by atoms with Gasteiger partial charge in [0, 0.05) is 64.1 Å². The van der Waals surface area contributed by atoms with E-state index >= 15 is 0 Å². The van der Waals surface area contributed by atoms with Crippen molar-refractivity contribution in [3.63, 3.8) is 0 Å². The number of benzene rings is 9. The third-order valence-electron chi connectivity index (χ3n) is 12.3. The van der Waals surface area contributed by atoms with E-state index in [9.17, 15) is 0 Å². The van der Waals surface area contributed by atoms with E-state index in [-0.39, 0.29) is 0 Å². The molecule has 0 spiro atoms. The van der Waals surface area contributed by atoms with E-state index < -0.39 is 0 Å². The van der Waals surface area contributed by atoms with Crippen molar-refractivity contribution in [2.24, 2.45) is 0 Å². The Morgan fingerprint density at radius 3 is 1.51 bits per heavy atom. The van der Waals surface area contributed by atoms with Crippen molar-refractivity contribution < 1.29 is 0 Å². The van der Waals surface area contributed by atoms with Gasteiger partial charge in [-0.15, -0.1) is 11.3 Å². The molecule has 294 valence electrons. The lowest BCUT2D eigenvalue weighted by Crippen LogP contribution is -2.03. The zero-order valence-electron chi connectivity index (χ0n) is 33.9. The van der Waals surface area contributed by atoms with Crippen LogP contribution in [0.5, 0.6) is 0 Å². The van der Waals surface area contributed by atoms with E-state index in [0.29, 0.717) is 17.5 Å². The second-order valence-corrected chi connectivity index (χ2v) is 17.1. The molecule has 6 heteroatoms. The summed E-state index contributed by atoms with van der Waals surface area (Å²) in [5.41, 5.74) is 11.7. The number of nitrogens with zero attached hydrogens (tertiary/aromatic N) is 5. The number of hydrogen-bond acceptors (Lipinski definition) is 4. The van der Waals surface area contributed by atoms with E-state index in [4.69, 9.17) is 15.0 Å². The molecule has 0 atom stereocenters. The second kappa shape index (κ2) is 14.2. The van der Waals surface area contributed by atoms with Gasteiger partial charge in [0.25, 0.3) is 0 Å². The van der Waals surface area contributed by atoms with Crippen molar-refractivity contribution in [3.05, 3.63) is 212 Å². The number of para-hydroxylation sites is 4. The van der Waals surface area contributed by atoms with E-state index in [1.807, 2.05) is 18.2 Å². The summed E-state index contributed by atoms with van der Waals surface area (Å²) in [4.78, 5) is 15.8. The second-order valence-electron chi connectivity index (χ2n) is 16.0. The summed E-state index contributed by atoms with van der Waals surface area (Å²) in [5, 5.41) is 7.33. The van der Waals surface area contributed by atoms with Gasteiger partial charge in [0.15, 0.2) is 17.5 Å². The molecule has 0 bridgehead atoms. The summed E-state index contributed by atoms with van der Waals surface area (Å²) in [7, 11) is 0. The quantitative estimate of drug-likeness (QED) is 0.168. The Morgan fingerprint density at radius 1 is 0.302 bits per heavy atom. The maximum atomic E-state index is 5.34. The lowest BCUT2D eigenvalue weighted by Gasteiger charge is -2.17. The molecule has 9 aromatic carbocycles. The predicted octanol–water partition coefficient (Wildman–Crippen LogP) is 15.1. The molecule has 63 heavy (non-hydrogen) atoms. The molecule has 0 radical (unpaired) electrons. The van der Waals surface area contributed by atoms with Crippen LogP contribution < -0.4 is 0 Å². The molecule has 4 aromatic heterocycles. The maximum absolute atomic E-state index is 5.34. The third-order valence-corrected chi connectivity index (χ3v) is 13.5. The highest BCUT2D eigenvalue weighted by Gasteiger charge is 2.22. The van der Waals surface area contributed by atoms with Crippen LogP contribution in [0.4, 0.5) is 0 Å². The van der Waals surface area contributed by atoms with E-state index in [0.717, 1.165) is 50.2 Å². The Morgan fingerprint density at radius 2 is 0.810 bits per heavy atom. The van der Waals surface area contributed by atoms with Crippen LogP contribution in [0.3, 0.4) is 0 Å². The standard InChI is InChI=1S/C57H35N5S/c1-3-16-36(17-4-1)39-32-40(57-59-55(37-18-5-2-6-19-37)58-56(60-57)38-30-31-46-45-23-10-14-29-52(45)63-53(46)35-38)34-41(33-39)61-48-25-11-9-22-44(48)47-24-15-28-51(54(47)61)62-49-26-12-7-20-42(49)43-21-8-13-27-50(43)62/h1-35H. The first-order chi connectivity index (χ1) is 31.2. The first kappa shape index (κ1) is 35.6. The normalized spacial score (nSPS) is 11.8. The highest BCUT2D eigenvalue weighted by Crippen LogP contribution is 2.42. The van der Waals surface area contributed by atoms with Gasteiger partial charge >= 0.3 is 0 Å². The minimum Gasteiger partial charge on any atom is -0.307 e. The molecule has 0 N–H and O–H groups in total. The Labute approximate surface area is 366 Å². The monoisotopic (exact) mass is 821 g/mol. The maximum Gasteiger partial charge on any atom is 0.164 e. The summed E-state index contributed by atoms with van der Waals surface area (Å²) in [6, 6.07) is 75.7. The Kier molecular flexibility index (Phi) is 8.01. The predicted molar refractivity (Wildman–Crippen MR) is 263 cm³/mol. The van der Waals surface area contributed by atoms with Gasteiger partial charge in [0.2, 0.25) is 0 Å². The first-order valence-corrected chi connectivity index (χ1v) is 22.0. The summed E-state index contributed by atoms with van der Waals surface area (Å²) in [5.74, 6) is 1.87. The minimum absolute atomic E-state index is 0.609. The largest absolute Gasteiger partial charge is 0.307 e. The van der Waals surface area contributed by atoms with Gasteiger partial charge in [-0.05, 0) is 65.7 Å². The van der Waals surface area contributed by atoms with Gasteiger partial charge in [-0.25, -0.2) is 15.0 Å². The van der Waals surface area contributed by atoms with Crippen molar-refractivity contribution in [1.82, 2.24) is 24.1 Å². The molecule has 0 fully saturated rings. The summed E-state index contributed by atoms with van der Waals surface area (Å²) < 4.78 is 7.34. The Hall–Kier alpha value is -8.19. The number of rotatable bonds is 6. The average Bonchev–Trinajstić information content (AvgIpc) is 4.02. The fraction of sp³-hybridized carbons (Fsp3) is 0. The summed E-state index contributed by atoms with van der Waals surface area (Å²) in [6.45, 7) is 0. The molecule has 13 aromatic rings. The molecule has 0 aliphatic heterocycles. The highest BCUT2D eigenvalue weighted by molar-refractivity contribution is 7.25. The zero-order valence-corrected chi connectivity index (χ0v) is 34.7. The molecular formula is C57H35N5S. The lowest BCUT2D eigenvalue weighted by molar-refractivity contribution is 1.07. The zero-order chi connectivity index (χ0) is 41.4. The molecule has 5 nitrogen and oxygen atoms in total. The van der Waals surface area contributed by atoms with Crippen molar-refractivity contribution in [2.75, 3.05) is 0 Å². The van der Waals surface area contributed by atoms with Gasteiger partial charge in [-0.3, -0.25) is 0 Å². The fourth-order valence-corrected chi connectivity index (χ4v) is 10.7. The Balaban J connectivity index is 1.09. The average molecular weight is 822 g/mol. The van der Waals surface area contributed by atoms with Crippen LogP contribution >= 0.6 is 11.3 Å². The highest BCUT2D eigenvalue weighted by atomic mass is 32.1. The Bertz CT molecular complexity index is 3860. The molecule has 0 saturated carbocycles. The van der Waals surface area contributed by atoms with Crippen LogP contribution in [-0.2, 0) is 0 Å². The van der Waals surface area contributed by atoms with Crippen LogP contribution in [0.15, 0.2) is 212 Å². The van der Waals surface area contributed by atoms with E-state index in [1.165, 1.54) is 52.8 Å². The summed E-state index contributed by atoms with van der Waals surface area (Å²) >= 11 is 1.80. The smallest absolute Gasteiger partial charge is 0.164 e. The van der Waals surface area contributed by atoms with Gasteiger partial charge in [0.1, 0.15) is 0 Å². The van der Waals surface area contributed by atoms with Crippen LogP contribution in [0.2, 0.25) is 0 Å². The summed E-state index contributed by atoms with van der Waals surface area (Å²) in [6.07, 6.45) is 0. The van der Waals surface area contributed by atoms with Crippen molar-refractivity contribution in [1.29, 1.82) is 0 Å². The molecule has 0 aliphatic rings. The first-order valence-electron chi connectivity index (χ1n) is 21.2. The van der Waals surface area contributed by atoms with Crippen LogP contribution in [-0.4, -0.2) is 24.1 Å². The molecule has 4 heterocycles. The van der Waals surface area contributed by atoms with Crippen LogP contribution in [0.25, 0.3) is 120 Å². The van der Waals surface area contributed by atoms with Crippen molar-refractivity contribution in [2.45, 2.75) is 0 Å². The van der Waals surface area contributed by atoms with E-state index in [1.54, 1.807) is 11.3 Å². The van der Waals surface area contributed by atoms with Gasteiger partial charge in [0.05, 0.1) is 27.8 Å². The molecule has 0 amide bonds. The van der Waals surface area contributed by atoms with Gasteiger partial charge in [-0.1, -0.05) is 158 Å². The number of fused-ring (bicyclic) bond motifs is 9. The van der Waals surface area contributed by atoms with Gasteiger partial charge in [-0.2, -0.15) is 0 Å². The molecule has 0 saturated heterocycles. The molecular weight excluding hydrogens is 787 g/mol. The fourth-order valence-electron chi connectivity index (χ4n) is 9.51. The molecule has 0 unspecified atom stereocenters. The van der Waals surface area contributed by atoms with Gasteiger partial charge < -0.3 is 9.13 Å². The van der Waals surface area contributed by atoms with Crippen molar-refractivity contribution in [3.8, 4) is 56.7 Å². The molecule has 0 aliphatic carbocycles. The van der Waals surface area contributed by atoms with Crippen LogP contribution in [0, 0.1) is 0 Å². The third kappa shape index (κ3) is 5.73. The minimum atomic E-state index is 0.609. The SMILES string of the molecule is c1ccc(-c2cc(-c3nc(-c4ccccc4)nc(-c4ccc5c(c4)sc4ccccc45)n3)cc(-n3c4ccccc4c4cccc(-n5c6ccccc6c6ccccc65)c43)c2)cc1.